The number of hydrogen-bond donors (Lipinski definition) is 2. The quantitative estimate of drug-likeness (QED) is 0.899. The lowest BCUT2D eigenvalue weighted by atomic mass is 9.77. The molecule has 1 saturated carbocycles. The lowest BCUT2D eigenvalue weighted by molar-refractivity contribution is 0.271. The van der Waals surface area contributed by atoms with E-state index in [4.69, 9.17) is 10.7 Å². The van der Waals surface area contributed by atoms with Crippen LogP contribution in [0.5, 0.6) is 0 Å². The second-order valence-corrected chi connectivity index (χ2v) is 6.64. The van der Waals surface area contributed by atoms with Gasteiger partial charge >= 0.3 is 0 Å². The number of benzene rings is 1. The van der Waals surface area contributed by atoms with Crippen LogP contribution < -0.4 is 11.1 Å². The van der Waals surface area contributed by atoms with Gasteiger partial charge in [-0.1, -0.05) is 25.1 Å². The predicted molar refractivity (Wildman–Crippen MR) is 89.5 cm³/mol. The van der Waals surface area contributed by atoms with Crippen LogP contribution in [0.4, 0.5) is 5.82 Å². The van der Waals surface area contributed by atoms with Gasteiger partial charge in [0.25, 0.3) is 0 Å². The maximum Gasteiger partial charge on any atom is 0.130 e. The van der Waals surface area contributed by atoms with Crippen LogP contribution in [0.3, 0.4) is 0 Å². The summed E-state index contributed by atoms with van der Waals surface area (Å²) in [6, 6.07) is 10.5. The molecule has 112 valence electrons. The van der Waals surface area contributed by atoms with E-state index in [0.717, 1.165) is 30.1 Å². The molecule has 1 fully saturated rings. The first-order valence-corrected chi connectivity index (χ1v) is 7.96. The molecule has 1 aromatic heterocycles. The second-order valence-electron chi connectivity index (χ2n) is 6.64. The van der Waals surface area contributed by atoms with Crippen molar-refractivity contribution in [2.24, 2.45) is 11.7 Å². The Labute approximate surface area is 127 Å². The zero-order chi connectivity index (χ0) is 14.9. The molecule has 3 rings (SSSR count). The SMILES string of the molecule is Cc1cc2ccccc2nc1NC1(CN)CCC(C)CC1. The molecule has 1 aliphatic carbocycles. The highest BCUT2D eigenvalue weighted by molar-refractivity contribution is 5.81. The summed E-state index contributed by atoms with van der Waals surface area (Å²) in [6.07, 6.45) is 4.77. The fraction of sp³-hybridized carbons (Fsp3) is 0.500. The fourth-order valence-electron chi connectivity index (χ4n) is 3.29. The molecule has 3 nitrogen and oxygen atoms in total. The first kappa shape index (κ1) is 14.3. The highest BCUT2D eigenvalue weighted by Gasteiger charge is 2.33. The molecule has 3 heteroatoms. The largest absolute Gasteiger partial charge is 0.363 e. The van der Waals surface area contributed by atoms with Gasteiger partial charge in [-0.2, -0.15) is 0 Å². The molecule has 0 amide bonds. The van der Waals surface area contributed by atoms with Gasteiger partial charge in [0.2, 0.25) is 0 Å². The van der Waals surface area contributed by atoms with E-state index in [9.17, 15) is 0 Å². The highest BCUT2D eigenvalue weighted by atomic mass is 15.1. The van der Waals surface area contributed by atoms with Crippen LogP contribution in [-0.4, -0.2) is 17.1 Å². The zero-order valence-electron chi connectivity index (χ0n) is 13.0. The van der Waals surface area contributed by atoms with Crippen molar-refractivity contribution in [2.45, 2.75) is 45.1 Å². The molecule has 0 aliphatic heterocycles. The molecule has 0 atom stereocenters. The van der Waals surface area contributed by atoms with Crippen molar-refractivity contribution in [1.29, 1.82) is 0 Å². The monoisotopic (exact) mass is 283 g/mol. The van der Waals surface area contributed by atoms with Gasteiger partial charge < -0.3 is 11.1 Å². The summed E-state index contributed by atoms with van der Waals surface area (Å²) in [5, 5.41) is 4.88. The van der Waals surface area contributed by atoms with E-state index in [0.29, 0.717) is 6.54 Å². The molecule has 0 bridgehead atoms. The minimum atomic E-state index is 0.0206. The Morgan fingerprint density at radius 2 is 2.00 bits per heavy atom. The number of anilines is 1. The normalized spacial score (nSPS) is 26.0. The van der Waals surface area contributed by atoms with Crippen LogP contribution in [0.1, 0.15) is 38.2 Å². The summed E-state index contributed by atoms with van der Waals surface area (Å²) in [5.41, 5.74) is 8.36. The lowest BCUT2D eigenvalue weighted by Crippen LogP contribution is -2.48. The van der Waals surface area contributed by atoms with Gasteiger partial charge in [-0.05, 0) is 56.2 Å². The number of nitrogens with one attached hydrogen (secondary N) is 1. The first-order chi connectivity index (χ1) is 10.1. The highest BCUT2D eigenvalue weighted by Crippen LogP contribution is 2.34. The van der Waals surface area contributed by atoms with Crippen LogP contribution in [0.2, 0.25) is 0 Å². The molecule has 1 heterocycles. The van der Waals surface area contributed by atoms with E-state index in [2.05, 4.69) is 43.4 Å². The smallest absolute Gasteiger partial charge is 0.130 e. The van der Waals surface area contributed by atoms with E-state index >= 15 is 0 Å². The van der Waals surface area contributed by atoms with Gasteiger partial charge in [0, 0.05) is 11.9 Å². The van der Waals surface area contributed by atoms with Gasteiger partial charge in [-0.3, -0.25) is 0 Å². The molecule has 0 unspecified atom stereocenters. The Morgan fingerprint density at radius 3 is 2.71 bits per heavy atom. The van der Waals surface area contributed by atoms with Crippen molar-refractivity contribution < 1.29 is 0 Å². The van der Waals surface area contributed by atoms with Crippen LogP contribution in [0, 0.1) is 12.8 Å². The van der Waals surface area contributed by atoms with Gasteiger partial charge in [0.1, 0.15) is 5.82 Å². The Kier molecular flexibility index (Phi) is 3.85. The maximum absolute atomic E-state index is 6.10. The molecule has 1 aliphatic rings. The third-order valence-corrected chi connectivity index (χ3v) is 4.92. The van der Waals surface area contributed by atoms with Crippen molar-refractivity contribution in [1.82, 2.24) is 4.98 Å². The van der Waals surface area contributed by atoms with Gasteiger partial charge in [0.05, 0.1) is 11.1 Å². The molecule has 3 N–H and O–H groups in total. The summed E-state index contributed by atoms with van der Waals surface area (Å²) in [4.78, 5) is 4.81. The van der Waals surface area contributed by atoms with E-state index < -0.39 is 0 Å². The standard InChI is InChI=1S/C18H25N3/c1-13-7-9-18(12-19,10-8-13)21-17-14(2)11-15-5-3-4-6-16(15)20-17/h3-6,11,13H,7-10,12,19H2,1-2H3,(H,20,21). The Balaban J connectivity index is 1.91. The third-order valence-electron chi connectivity index (χ3n) is 4.92. The number of para-hydroxylation sites is 1. The van der Waals surface area contributed by atoms with Gasteiger partial charge in [-0.15, -0.1) is 0 Å². The average Bonchev–Trinajstić information content (AvgIpc) is 2.50. The Hall–Kier alpha value is -1.61. The number of hydrogen-bond acceptors (Lipinski definition) is 3. The summed E-state index contributed by atoms with van der Waals surface area (Å²) < 4.78 is 0. The number of fused-ring (bicyclic) bond motifs is 1. The van der Waals surface area contributed by atoms with Crippen molar-refractivity contribution in [3.63, 3.8) is 0 Å². The second kappa shape index (κ2) is 5.64. The molecular weight excluding hydrogens is 258 g/mol. The Bertz CT molecular complexity index is 627. The topological polar surface area (TPSA) is 50.9 Å². The number of pyridine rings is 1. The number of rotatable bonds is 3. The molecule has 1 aromatic carbocycles. The van der Waals surface area contributed by atoms with Crippen molar-refractivity contribution in [2.75, 3.05) is 11.9 Å². The number of aromatic nitrogens is 1. The summed E-state index contributed by atoms with van der Waals surface area (Å²) in [6.45, 7) is 5.13. The van der Waals surface area contributed by atoms with Crippen molar-refractivity contribution >= 4 is 16.7 Å². The lowest BCUT2D eigenvalue weighted by Gasteiger charge is -2.40. The maximum atomic E-state index is 6.10. The first-order valence-electron chi connectivity index (χ1n) is 7.96. The van der Waals surface area contributed by atoms with E-state index in [1.807, 2.05) is 6.07 Å². The summed E-state index contributed by atoms with van der Waals surface area (Å²) in [7, 11) is 0. The minimum absolute atomic E-state index is 0.0206. The van der Waals surface area contributed by atoms with Crippen LogP contribution in [0.15, 0.2) is 30.3 Å². The van der Waals surface area contributed by atoms with E-state index in [-0.39, 0.29) is 5.54 Å². The molecule has 2 aromatic rings. The van der Waals surface area contributed by atoms with E-state index in [1.165, 1.54) is 23.8 Å². The fourth-order valence-corrected chi connectivity index (χ4v) is 3.29. The molecule has 0 saturated heterocycles. The van der Waals surface area contributed by atoms with E-state index in [1.54, 1.807) is 0 Å². The molecule has 0 radical (unpaired) electrons. The number of nitrogens with zero attached hydrogens (tertiary/aromatic N) is 1. The Morgan fingerprint density at radius 1 is 1.29 bits per heavy atom. The molecular formula is C18H25N3. The van der Waals surface area contributed by atoms with Crippen molar-refractivity contribution in [3.8, 4) is 0 Å². The van der Waals surface area contributed by atoms with Crippen LogP contribution in [0.25, 0.3) is 10.9 Å². The van der Waals surface area contributed by atoms with Gasteiger partial charge in [-0.25, -0.2) is 4.98 Å². The molecule has 21 heavy (non-hydrogen) atoms. The van der Waals surface area contributed by atoms with Crippen molar-refractivity contribution in [3.05, 3.63) is 35.9 Å². The number of nitrogens with two attached hydrogens (primary N) is 1. The number of aryl methyl sites for hydroxylation is 1. The third kappa shape index (κ3) is 2.88. The summed E-state index contributed by atoms with van der Waals surface area (Å²) >= 11 is 0. The zero-order valence-corrected chi connectivity index (χ0v) is 13.0. The van der Waals surface area contributed by atoms with Crippen LogP contribution >= 0.6 is 0 Å². The predicted octanol–water partition coefficient (Wildman–Crippen LogP) is 3.86. The minimum Gasteiger partial charge on any atom is -0.363 e. The molecule has 0 spiro atoms. The van der Waals surface area contributed by atoms with Crippen LogP contribution in [-0.2, 0) is 0 Å². The van der Waals surface area contributed by atoms with Gasteiger partial charge in [0.15, 0.2) is 0 Å². The average molecular weight is 283 g/mol. The summed E-state index contributed by atoms with van der Waals surface area (Å²) in [5.74, 6) is 1.81.